The molecule has 0 N–H and O–H groups in total. The SMILES string of the molecule is CCCC(CC(C)C)O[Si](OC(CCC)CC(C)C)(OC(CCC)CC(C)C)OC(CCC)CC(C)C. The molecule has 0 aliphatic heterocycles. The molecule has 224 valence electrons. The molecule has 0 aromatic heterocycles. The van der Waals surface area contributed by atoms with Crippen LogP contribution in [0.2, 0.25) is 0 Å². The van der Waals surface area contributed by atoms with E-state index in [9.17, 15) is 0 Å². The van der Waals surface area contributed by atoms with Crippen molar-refractivity contribution in [1.29, 1.82) is 0 Å². The Morgan fingerprint density at radius 2 is 0.568 bits per heavy atom. The van der Waals surface area contributed by atoms with E-state index < -0.39 is 9.05 Å². The summed E-state index contributed by atoms with van der Waals surface area (Å²) >= 11 is 0. The Balaban J connectivity index is 6.65. The van der Waals surface area contributed by atoms with Gasteiger partial charge in [-0.15, -0.1) is 0 Å². The summed E-state index contributed by atoms with van der Waals surface area (Å²) in [5.41, 5.74) is 0. The van der Waals surface area contributed by atoms with Crippen LogP contribution in [0.5, 0.6) is 0 Å². The molecular formula is C32H68O4Si. The summed E-state index contributed by atoms with van der Waals surface area (Å²) in [7, 11) is -3.46. The molecule has 0 saturated heterocycles. The lowest BCUT2D eigenvalue weighted by molar-refractivity contribution is -0.118. The monoisotopic (exact) mass is 544 g/mol. The van der Waals surface area contributed by atoms with Crippen molar-refractivity contribution in [1.82, 2.24) is 0 Å². The van der Waals surface area contributed by atoms with E-state index in [2.05, 4.69) is 83.1 Å². The Labute approximate surface area is 234 Å². The van der Waals surface area contributed by atoms with Gasteiger partial charge in [0.15, 0.2) is 0 Å². The summed E-state index contributed by atoms with van der Waals surface area (Å²) in [5.74, 6) is 2.20. The lowest BCUT2D eigenvalue weighted by Crippen LogP contribution is -2.57. The predicted octanol–water partition coefficient (Wildman–Crippen LogP) is 10.3. The molecule has 0 heterocycles. The number of hydrogen-bond donors (Lipinski definition) is 0. The third kappa shape index (κ3) is 18.1. The van der Waals surface area contributed by atoms with E-state index in [0.717, 1.165) is 77.0 Å². The molecule has 0 fully saturated rings. The molecule has 37 heavy (non-hydrogen) atoms. The summed E-state index contributed by atoms with van der Waals surface area (Å²) in [5, 5.41) is 0. The lowest BCUT2D eigenvalue weighted by atomic mass is 10.0. The molecule has 0 spiro atoms. The fourth-order valence-corrected chi connectivity index (χ4v) is 8.10. The van der Waals surface area contributed by atoms with E-state index in [1.807, 2.05) is 0 Å². The maximum atomic E-state index is 7.14. The van der Waals surface area contributed by atoms with Crippen molar-refractivity contribution >= 4 is 9.05 Å². The third-order valence-electron chi connectivity index (χ3n) is 6.62. The van der Waals surface area contributed by atoms with Gasteiger partial charge >= 0.3 is 9.05 Å². The van der Waals surface area contributed by atoms with Crippen LogP contribution < -0.4 is 0 Å². The smallest absolute Gasteiger partial charge is 0.348 e. The van der Waals surface area contributed by atoms with Crippen molar-refractivity contribution < 1.29 is 17.7 Å². The molecule has 0 saturated carbocycles. The van der Waals surface area contributed by atoms with Gasteiger partial charge in [0, 0.05) is 0 Å². The molecule has 4 atom stereocenters. The topological polar surface area (TPSA) is 36.9 Å². The van der Waals surface area contributed by atoms with Gasteiger partial charge in [-0.1, -0.05) is 109 Å². The summed E-state index contributed by atoms with van der Waals surface area (Å²) in [6.07, 6.45) is 12.8. The molecule has 0 aromatic rings. The zero-order valence-corrected chi connectivity index (χ0v) is 28.2. The van der Waals surface area contributed by atoms with E-state index in [1.54, 1.807) is 0 Å². The van der Waals surface area contributed by atoms with Crippen molar-refractivity contribution in [3.8, 4) is 0 Å². The molecule has 0 aliphatic carbocycles. The first-order valence-corrected chi connectivity index (χ1v) is 17.7. The van der Waals surface area contributed by atoms with Crippen molar-refractivity contribution in [2.45, 2.75) is 185 Å². The second-order valence-corrected chi connectivity index (χ2v) is 15.1. The zero-order chi connectivity index (χ0) is 28.4. The minimum atomic E-state index is -3.46. The van der Waals surface area contributed by atoms with E-state index in [1.165, 1.54) is 0 Å². The Kier molecular flexibility index (Phi) is 20.9. The number of rotatable bonds is 24. The highest BCUT2D eigenvalue weighted by molar-refractivity contribution is 6.53. The Bertz CT molecular complexity index is 429. The Morgan fingerprint density at radius 1 is 0.378 bits per heavy atom. The van der Waals surface area contributed by atoms with E-state index in [4.69, 9.17) is 17.7 Å². The minimum absolute atomic E-state index is 0.0978. The van der Waals surface area contributed by atoms with Gasteiger partial charge in [-0.25, -0.2) is 0 Å². The van der Waals surface area contributed by atoms with E-state index in [0.29, 0.717) is 23.7 Å². The zero-order valence-electron chi connectivity index (χ0n) is 27.2. The third-order valence-corrected chi connectivity index (χ3v) is 9.11. The van der Waals surface area contributed by atoms with Gasteiger partial charge in [0.2, 0.25) is 0 Å². The van der Waals surface area contributed by atoms with Gasteiger partial charge in [-0.3, -0.25) is 0 Å². The minimum Gasteiger partial charge on any atom is -0.348 e. The first-order valence-electron chi connectivity index (χ1n) is 16.1. The summed E-state index contributed by atoms with van der Waals surface area (Å²) in [6, 6.07) is 0. The Morgan fingerprint density at radius 3 is 0.703 bits per heavy atom. The normalized spacial score (nSPS) is 17.5. The van der Waals surface area contributed by atoms with Crippen LogP contribution in [0.15, 0.2) is 0 Å². The van der Waals surface area contributed by atoms with E-state index in [-0.39, 0.29) is 24.4 Å². The van der Waals surface area contributed by atoms with Gasteiger partial charge in [0.05, 0.1) is 24.4 Å². The molecule has 0 bridgehead atoms. The highest BCUT2D eigenvalue weighted by atomic mass is 28.4. The van der Waals surface area contributed by atoms with Gasteiger partial charge in [0.1, 0.15) is 0 Å². The fraction of sp³-hybridized carbons (Fsp3) is 1.00. The Hall–Kier alpha value is 0.0569. The number of hydrogen-bond acceptors (Lipinski definition) is 4. The highest BCUT2D eigenvalue weighted by Crippen LogP contribution is 2.32. The molecule has 0 amide bonds. The van der Waals surface area contributed by atoms with Crippen LogP contribution in [0.4, 0.5) is 0 Å². The predicted molar refractivity (Wildman–Crippen MR) is 163 cm³/mol. The summed E-state index contributed by atoms with van der Waals surface area (Å²) in [4.78, 5) is 0. The largest absolute Gasteiger partial charge is 0.680 e. The maximum absolute atomic E-state index is 7.14. The van der Waals surface area contributed by atoms with Crippen molar-refractivity contribution in [3.63, 3.8) is 0 Å². The first kappa shape index (κ1) is 37.1. The lowest BCUT2D eigenvalue weighted by Gasteiger charge is -2.40. The van der Waals surface area contributed by atoms with Crippen molar-refractivity contribution in [2.75, 3.05) is 0 Å². The average Bonchev–Trinajstić information content (AvgIpc) is 2.72. The van der Waals surface area contributed by atoms with Gasteiger partial charge in [0.25, 0.3) is 0 Å². The van der Waals surface area contributed by atoms with Gasteiger partial charge in [-0.2, -0.15) is 0 Å². The van der Waals surface area contributed by atoms with Gasteiger partial charge in [-0.05, 0) is 75.0 Å². The second kappa shape index (κ2) is 20.9. The fourth-order valence-electron chi connectivity index (χ4n) is 5.27. The molecule has 0 aliphatic rings. The van der Waals surface area contributed by atoms with Crippen LogP contribution >= 0.6 is 0 Å². The standard InChI is InChI=1S/C32H68O4Si/c1-13-17-29(21-25(5)6)33-37(34-30(18-14-2)22-26(7)8,35-31(19-15-3)23-27(9)10)36-32(20-16-4)24-28(11)12/h25-32H,13-24H2,1-12H3. The van der Waals surface area contributed by atoms with Gasteiger partial charge < -0.3 is 17.7 Å². The van der Waals surface area contributed by atoms with Crippen molar-refractivity contribution in [2.24, 2.45) is 23.7 Å². The van der Waals surface area contributed by atoms with Crippen LogP contribution in [-0.4, -0.2) is 33.5 Å². The van der Waals surface area contributed by atoms with Crippen LogP contribution in [0.25, 0.3) is 0 Å². The molecule has 0 radical (unpaired) electrons. The quantitative estimate of drug-likeness (QED) is 0.113. The maximum Gasteiger partial charge on any atom is 0.680 e. The van der Waals surface area contributed by atoms with Crippen LogP contribution in [0, 0.1) is 23.7 Å². The summed E-state index contributed by atoms with van der Waals surface area (Å²) in [6.45, 7) is 27.3. The first-order chi connectivity index (χ1) is 17.4. The summed E-state index contributed by atoms with van der Waals surface area (Å²) < 4.78 is 28.5. The highest BCUT2D eigenvalue weighted by Gasteiger charge is 2.53. The average molecular weight is 545 g/mol. The molecule has 5 heteroatoms. The molecule has 0 aromatic carbocycles. The molecule has 0 rings (SSSR count). The molecular weight excluding hydrogens is 476 g/mol. The van der Waals surface area contributed by atoms with E-state index >= 15 is 0 Å². The van der Waals surface area contributed by atoms with Crippen LogP contribution in [0.1, 0.15) is 160 Å². The van der Waals surface area contributed by atoms with Crippen LogP contribution in [-0.2, 0) is 17.7 Å². The van der Waals surface area contributed by atoms with Crippen LogP contribution in [0.3, 0.4) is 0 Å². The second-order valence-electron chi connectivity index (χ2n) is 13.1. The molecule has 4 nitrogen and oxygen atoms in total. The van der Waals surface area contributed by atoms with Crippen molar-refractivity contribution in [3.05, 3.63) is 0 Å². The molecule has 4 unspecified atom stereocenters.